The van der Waals surface area contributed by atoms with E-state index in [0.717, 1.165) is 12.0 Å². The molecule has 7 heteroatoms. The number of hydrogen-bond acceptors (Lipinski definition) is 5. The summed E-state index contributed by atoms with van der Waals surface area (Å²) in [5.74, 6) is -2.07. The molecule has 1 heterocycles. The van der Waals surface area contributed by atoms with Gasteiger partial charge < -0.3 is 10.1 Å². The van der Waals surface area contributed by atoms with E-state index < -0.39 is 18.5 Å². The van der Waals surface area contributed by atoms with Crippen LogP contribution in [-0.2, 0) is 19.1 Å². The molecule has 1 N–H and O–H groups in total. The second-order valence-electron chi connectivity index (χ2n) is 9.69. The van der Waals surface area contributed by atoms with Crippen LogP contribution in [0.4, 0.5) is 11.4 Å². The number of carbonyl (C=O) groups is 4. The molecule has 0 radical (unpaired) electrons. The Hall–Kier alpha value is -4.26. The molecule has 1 aliphatic carbocycles. The van der Waals surface area contributed by atoms with Crippen molar-refractivity contribution < 1.29 is 23.9 Å². The minimum Gasteiger partial charge on any atom is -0.452 e. The van der Waals surface area contributed by atoms with Gasteiger partial charge in [-0.1, -0.05) is 48.5 Å². The zero-order chi connectivity index (χ0) is 25.9. The van der Waals surface area contributed by atoms with Gasteiger partial charge in [0.05, 0.1) is 23.1 Å². The average molecular weight is 497 g/mol. The van der Waals surface area contributed by atoms with Crippen LogP contribution in [0.15, 0.2) is 78.9 Å². The van der Waals surface area contributed by atoms with Crippen LogP contribution in [-0.4, -0.2) is 30.3 Å². The Labute approximate surface area is 215 Å². The van der Waals surface area contributed by atoms with Gasteiger partial charge in [0.1, 0.15) is 0 Å². The third-order valence-corrected chi connectivity index (χ3v) is 7.17. The quantitative estimate of drug-likeness (QED) is 0.389. The summed E-state index contributed by atoms with van der Waals surface area (Å²) in [7, 11) is 0. The Balaban J connectivity index is 1.24. The number of fused-ring (bicyclic) bond motifs is 1. The molecule has 188 valence electrons. The van der Waals surface area contributed by atoms with Crippen molar-refractivity contribution in [3.05, 3.63) is 95.6 Å². The monoisotopic (exact) mass is 496 g/mol. The van der Waals surface area contributed by atoms with Crippen LogP contribution in [0.2, 0.25) is 0 Å². The molecule has 3 aromatic carbocycles. The summed E-state index contributed by atoms with van der Waals surface area (Å²) < 4.78 is 5.18. The Bertz CT molecular complexity index is 1350. The predicted octanol–water partition coefficient (Wildman–Crippen LogP) is 4.86. The molecule has 0 bridgehead atoms. The van der Waals surface area contributed by atoms with E-state index in [4.69, 9.17) is 4.74 Å². The summed E-state index contributed by atoms with van der Waals surface area (Å²) in [6, 6.07) is 23.6. The highest BCUT2D eigenvalue weighted by atomic mass is 16.5. The Morgan fingerprint density at radius 1 is 0.892 bits per heavy atom. The fourth-order valence-electron chi connectivity index (χ4n) is 5.37. The van der Waals surface area contributed by atoms with Gasteiger partial charge >= 0.3 is 5.97 Å². The molecule has 3 atom stereocenters. The van der Waals surface area contributed by atoms with Gasteiger partial charge in [0.15, 0.2) is 6.61 Å². The van der Waals surface area contributed by atoms with Crippen LogP contribution in [0.3, 0.4) is 0 Å². The van der Waals surface area contributed by atoms with Crippen LogP contribution in [0.25, 0.3) is 0 Å². The molecular weight excluding hydrogens is 468 g/mol. The molecule has 7 nitrogen and oxygen atoms in total. The minimum absolute atomic E-state index is 0.165. The number of imide groups is 1. The Morgan fingerprint density at radius 2 is 1.65 bits per heavy atom. The fourth-order valence-corrected chi connectivity index (χ4v) is 5.37. The van der Waals surface area contributed by atoms with Gasteiger partial charge in [0.2, 0.25) is 11.8 Å². The second kappa shape index (κ2) is 10.4. The van der Waals surface area contributed by atoms with Crippen LogP contribution in [0.1, 0.15) is 46.7 Å². The molecule has 1 aliphatic heterocycles. The highest BCUT2D eigenvalue weighted by Crippen LogP contribution is 2.45. The van der Waals surface area contributed by atoms with E-state index in [0.29, 0.717) is 24.2 Å². The molecule has 37 heavy (non-hydrogen) atoms. The lowest BCUT2D eigenvalue weighted by atomic mass is 9.73. The van der Waals surface area contributed by atoms with Gasteiger partial charge in [0, 0.05) is 5.69 Å². The maximum absolute atomic E-state index is 13.4. The lowest BCUT2D eigenvalue weighted by Gasteiger charge is -2.28. The number of esters is 1. The lowest BCUT2D eigenvalue weighted by Crippen LogP contribution is -2.31. The number of amides is 3. The van der Waals surface area contributed by atoms with Crippen LogP contribution in [0, 0.1) is 18.8 Å². The van der Waals surface area contributed by atoms with Gasteiger partial charge in [-0.25, -0.2) is 4.79 Å². The third-order valence-electron chi connectivity index (χ3n) is 7.17. The summed E-state index contributed by atoms with van der Waals surface area (Å²) in [4.78, 5) is 52.6. The number of anilines is 2. The molecule has 3 aromatic rings. The van der Waals surface area contributed by atoms with E-state index in [1.54, 1.807) is 18.2 Å². The molecule has 3 amide bonds. The van der Waals surface area contributed by atoms with Gasteiger partial charge in [0.25, 0.3) is 5.91 Å². The first kappa shape index (κ1) is 24.4. The SMILES string of the molecule is Cc1cccc(NC(=O)COC(=O)c2cccc(N3C(=O)[C@@H]4CC[C@@H](c5ccccc5)C[C@H]4C3=O)c2)c1. The lowest BCUT2D eigenvalue weighted by molar-refractivity contribution is -0.122. The minimum atomic E-state index is -0.707. The molecular formula is C30H28N2O5. The summed E-state index contributed by atoms with van der Waals surface area (Å²) in [5, 5.41) is 2.69. The molecule has 2 aliphatic rings. The zero-order valence-corrected chi connectivity index (χ0v) is 20.6. The van der Waals surface area contributed by atoms with Crippen molar-refractivity contribution in [3.63, 3.8) is 0 Å². The molecule has 5 rings (SSSR count). The maximum atomic E-state index is 13.4. The normalized spacial score (nSPS) is 20.9. The molecule has 1 saturated heterocycles. The maximum Gasteiger partial charge on any atom is 0.338 e. The summed E-state index contributed by atoms with van der Waals surface area (Å²) >= 11 is 0. The highest BCUT2D eigenvalue weighted by molar-refractivity contribution is 6.22. The van der Waals surface area contributed by atoms with Crippen LogP contribution >= 0.6 is 0 Å². The number of nitrogens with one attached hydrogen (secondary N) is 1. The summed E-state index contributed by atoms with van der Waals surface area (Å²) in [5.41, 5.74) is 3.31. The topological polar surface area (TPSA) is 92.8 Å². The van der Waals surface area contributed by atoms with Crippen molar-refractivity contribution >= 4 is 35.1 Å². The van der Waals surface area contributed by atoms with Gasteiger partial charge in [-0.2, -0.15) is 0 Å². The highest BCUT2D eigenvalue weighted by Gasteiger charge is 2.50. The van der Waals surface area contributed by atoms with Crippen molar-refractivity contribution in [2.24, 2.45) is 11.8 Å². The number of carbonyl (C=O) groups excluding carboxylic acids is 4. The first-order valence-corrected chi connectivity index (χ1v) is 12.5. The first-order chi connectivity index (χ1) is 17.9. The third kappa shape index (κ3) is 5.16. The number of hydrogen-bond donors (Lipinski definition) is 1. The molecule has 0 aromatic heterocycles. The standard InChI is InChI=1S/C30H28N2O5/c1-19-7-5-11-23(15-19)31-27(33)18-37-30(36)22-10-6-12-24(16-22)32-28(34)25-14-13-21(17-26(25)29(32)35)20-8-3-2-4-9-20/h2-12,15-16,21,25-26H,13-14,17-18H2,1H3,(H,31,33)/t21-,25-,26-/m1/s1. The van der Waals surface area contributed by atoms with Gasteiger partial charge in [-0.3, -0.25) is 19.3 Å². The van der Waals surface area contributed by atoms with Crippen molar-refractivity contribution in [3.8, 4) is 0 Å². The van der Waals surface area contributed by atoms with E-state index in [-0.39, 0.29) is 35.1 Å². The molecule has 0 unspecified atom stereocenters. The van der Waals surface area contributed by atoms with Crippen molar-refractivity contribution in [1.82, 2.24) is 0 Å². The Morgan fingerprint density at radius 3 is 2.43 bits per heavy atom. The largest absolute Gasteiger partial charge is 0.452 e. The predicted molar refractivity (Wildman–Crippen MR) is 139 cm³/mol. The van der Waals surface area contributed by atoms with E-state index in [1.807, 2.05) is 43.3 Å². The number of benzene rings is 3. The summed E-state index contributed by atoms with van der Waals surface area (Å²) in [6.07, 6.45) is 2.14. The van der Waals surface area contributed by atoms with Gasteiger partial charge in [-0.15, -0.1) is 0 Å². The van der Waals surface area contributed by atoms with Crippen LogP contribution in [0.5, 0.6) is 0 Å². The van der Waals surface area contributed by atoms with E-state index in [9.17, 15) is 19.2 Å². The van der Waals surface area contributed by atoms with Crippen molar-refractivity contribution in [2.75, 3.05) is 16.8 Å². The van der Waals surface area contributed by atoms with E-state index >= 15 is 0 Å². The van der Waals surface area contributed by atoms with E-state index in [1.165, 1.54) is 22.6 Å². The van der Waals surface area contributed by atoms with Crippen LogP contribution < -0.4 is 10.2 Å². The number of rotatable bonds is 6. The van der Waals surface area contributed by atoms with E-state index in [2.05, 4.69) is 17.4 Å². The fraction of sp³-hybridized carbons (Fsp3) is 0.267. The molecule has 2 fully saturated rings. The smallest absolute Gasteiger partial charge is 0.338 e. The Kier molecular flexibility index (Phi) is 6.86. The second-order valence-corrected chi connectivity index (χ2v) is 9.69. The number of ether oxygens (including phenoxy) is 1. The van der Waals surface area contributed by atoms with Crippen molar-refractivity contribution in [1.29, 1.82) is 0 Å². The zero-order valence-electron chi connectivity index (χ0n) is 20.6. The van der Waals surface area contributed by atoms with Crippen molar-refractivity contribution in [2.45, 2.75) is 32.1 Å². The first-order valence-electron chi connectivity index (χ1n) is 12.5. The van der Waals surface area contributed by atoms with Gasteiger partial charge in [-0.05, 0) is 73.6 Å². The molecule has 1 saturated carbocycles. The summed E-state index contributed by atoms with van der Waals surface area (Å²) in [6.45, 7) is 1.46. The number of nitrogens with zero attached hydrogens (tertiary/aromatic N) is 1. The average Bonchev–Trinajstić information content (AvgIpc) is 3.17. The molecule has 0 spiro atoms. The number of aryl methyl sites for hydroxylation is 1.